The van der Waals surface area contributed by atoms with Crippen molar-refractivity contribution >= 4 is 45.8 Å². The number of halogens is 3. The van der Waals surface area contributed by atoms with E-state index >= 15 is 0 Å². The highest BCUT2D eigenvalue weighted by Crippen LogP contribution is 2.25. The Hall–Kier alpha value is -0.290. The molecule has 0 bridgehead atoms. The van der Waals surface area contributed by atoms with E-state index in [9.17, 15) is 4.79 Å². The van der Waals surface area contributed by atoms with Crippen LogP contribution in [-0.2, 0) is 0 Å². The second kappa shape index (κ2) is 8.23. The van der Waals surface area contributed by atoms with Gasteiger partial charge in [0.05, 0.1) is 5.02 Å². The molecule has 112 valence electrons. The number of likely N-dealkylation sites (tertiary alicyclic amines) is 1. The standard InChI is InChI=1S/C14H18BrClN2O.ClH/c1-17-8-10-3-2-6-18(9-10)14(19)11-4-5-12(15)13(16)7-11;/h4-5,7,10,17H,2-3,6,8-9H2,1H3;1H. The summed E-state index contributed by atoms with van der Waals surface area (Å²) in [5, 5.41) is 3.77. The average molecular weight is 382 g/mol. The Morgan fingerprint density at radius 1 is 1.55 bits per heavy atom. The first-order chi connectivity index (χ1) is 9.11. The number of hydrogen-bond acceptors (Lipinski definition) is 2. The summed E-state index contributed by atoms with van der Waals surface area (Å²) >= 11 is 9.39. The zero-order chi connectivity index (χ0) is 13.8. The van der Waals surface area contributed by atoms with Crippen LogP contribution < -0.4 is 5.32 Å². The van der Waals surface area contributed by atoms with Gasteiger partial charge in [-0.05, 0) is 66.5 Å². The number of hydrogen-bond donors (Lipinski definition) is 1. The summed E-state index contributed by atoms with van der Waals surface area (Å²) in [6.45, 7) is 2.63. The maximum atomic E-state index is 12.4. The minimum atomic E-state index is 0. The van der Waals surface area contributed by atoms with E-state index in [1.807, 2.05) is 24.1 Å². The van der Waals surface area contributed by atoms with E-state index in [1.54, 1.807) is 6.07 Å². The van der Waals surface area contributed by atoms with Gasteiger partial charge >= 0.3 is 0 Å². The molecule has 0 aromatic heterocycles. The molecule has 1 aromatic rings. The number of amides is 1. The average Bonchev–Trinajstić information content (AvgIpc) is 2.42. The molecular formula is C14H19BrCl2N2O. The Morgan fingerprint density at radius 2 is 2.30 bits per heavy atom. The molecule has 1 aliphatic heterocycles. The maximum Gasteiger partial charge on any atom is 0.253 e. The topological polar surface area (TPSA) is 32.3 Å². The predicted molar refractivity (Wildman–Crippen MR) is 89.0 cm³/mol. The summed E-state index contributed by atoms with van der Waals surface area (Å²) in [6, 6.07) is 5.38. The van der Waals surface area contributed by atoms with Gasteiger partial charge in [-0.15, -0.1) is 12.4 Å². The van der Waals surface area contributed by atoms with Crippen LogP contribution in [0.2, 0.25) is 5.02 Å². The molecule has 1 saturated heterocycles. The lowest BCUT2D eigenvalue weighted by Crippen LogP contribution is -2.42. The van der Waals surface area contributed by atoms with Crippen LogP contribution in [0, 0.1) is 5.92 Å². The van der Waals surface area contributed by atoms with Crippen LogP contribution in [0.5, 0.6) is 0 Å². The molecule has 0 aliphatic carbocycles. The van der Waals surface area contributed by atoms with Crippen molar-refractivity contribution in [1.82, 2.24) is 10.2 Å². The fraction of sp³-hybridized carbons (Fsp3) is 0.500. The first-order valence-electron chi connectivity index (χ1n) is 6.50. The van der Waals surface area contributed by atoms with Crippen LogP contribution in [0.3, 0.4) is 0 Å². The lowest BCUT2D eigenvalue weighted by atomic mass is 9.97. The number of carbonyl (C=O) groups excluding carboxylic acids is 1. The first kappa shape index (κ1) is 17.8. The predicted octanol–water partition coefficient (Wildman–Crippen LogP) is 3.60. The van der Waals surface area contributed by atoms with E-state index in [4.69, 9.17) is 11.6 Å². The van der Waals surface area contributed by atoms with Gasteiger partial charge < -0.3 is 10.2 Å². The summed E-state index contributed by atoms with van der Waals surface area (Å²) in [7, 11) is 1.95. The summed E-state index contributed by atoms with van der Waals surface area (Å²) in [6.07, 6.45) is 2.26. The van der Waals surface area contributed by atoms with Crippen LogP contribution >= 0.6 is 39.9 Å². The minimum absolute atomic E-state index is 0. The van der Waals surface area contributed by atoms with Gasteiger partial charge in [-0.1, -0.05) is 11.6 Å². The van der Waals surface area contributed by atoms with Gasteiger partial charge in [-0.25, -0.2) is 0 Å². The molecule has 0 saturated carbocycles. The molecule has 1 heterocycles. The normalized spacial score (nSPS) is 18.6. The van der Waals surface area contributed by atoms with Crippen molar-refractivity contribution in [2.45, 2.75) is 12.8 Å². The zero-order valence-corrected chi connectivity index (χ0v) is 14.5. The van der Waals surface area contributed by atoms with E-state index in [2.05, 4.69) is 21.2 Å². The lowest BCUT2D eigenvalue weighted by Gasteiger charge is -2.32. The summed E-state index contributed by atoms with van der Waals surface area (Å²) in [5.41, 5.74) is 0.665. The van der Waals surface area contributed by atoms with Crippen molar-refractivity contribution in [1.29, 1.82) is 0 Å². The fourth-order valence-electron chi connectivity index (χ4n) is 2.52. The molecule has 0 spiro atoms. The second-order valence-corrected chi connectivity index (χ2v) is 6.21. The number of piperidine rings is 1. The van der Waals surface area contributed by atoms with Gasteiger partial charge in [-0.2, -0.15) is 0 Å². The van der Waals surface area contributed by atoms with Gasteiger partial charge in [0.15, 0.2) is 0 Å². The van der Waals surface area contributed by atoms with Gasteiger partial charge in [-0.3, -0.25) is 4.79 Å². The van der Waals surface area contributed by atoms with Gasteiger partial charge in [0, 0.05) is 23.1 Å². The number of benzene rings is 1. The lowest BCUT2D eigenvalue weighted by molar-refractivity contribution is 0.0674. The van der Waals surface area contributed by atoms with E-state index in [0.717, 1.165) is 30.5 Å². The maximum absolute atomic E-state index is 12.4. The van der Waals surface area contributed by atoms with Crippen molar-refractivity contribution in [3.8, 4) is 0 Å². The molecule has 1 fully saturated rings. The SMILES string of the molecule is CNCC1CCCN(C(=O)c2ccc(Br)c(Cl)c2)C1.Cl. The van der Waals surface area contributed by atoms with Crippen molar-refractivity contribution in [3.63, 3.8) is 0 Å². The van der Waals surface area contributed by atoms with E-state index in [1.165, 1.54) is 6.42 Å². The van der Waals surface area contributed by atoms with Crippen molar-refractivity contribution in [3.05, 3.63) is 33.3 Å². The molecule has 1 aromatic carbocycles. The van der Waals surface area contributed by atoms with Crippen LogP contribution in [0.4, 0.5) is 0 Å². The molecule has 1 unspecified atom stereocenters. The minimum Gasteiger partial charge on any atom is -0.338 e. The zero-order valence-electron chi connectivity index (χ0n) is 11.4. The molecule has 20 heavy (non-hydrogen) atoms. The molecule has 3 nitrogen and oxygen atoms in total. The van der Waals surface area contributed by atoms with Gasteiger partial charge in [0.25, 0.3) is 5.91 Å². The molecule has 0 radical (unpaired) electrons. The highest BCUT2D eigenvalue weighted by molar-refractivity contribution is 9.10. The van der Waals surface area contributed by atoms with Crippen LogP contribution in [0.15, 0.2) is 22.7 Å². The summed E-state index contributed by atoms with van der Waals surface area (Å²) in [5.74, 6) is 0.629. The van der Waals surface area contributed by atoms with E-state index in [-0.39, 0.29) is 18.3 Å². The largest absolute Gasteiger partial charge is 0.338 e. The smallest absolute Gasteiger partial charge is 0.253 e. The number of rotatable bonds is 3. The third-order valence-corrected chi connectivity index (χ3v) is 4.70. The fourth-order valence-corrected chi connectivity index (χ4v) is 2.94. The molecule has 2 rings (SSSR count). The van der Waals surface area contributed by atoms with E-state index in [0.29, 0.717) is 16.5 Å². The third-order valence-electron chi connectivity index (χ3n) is 3.47. The Kier molecular flexibility index (Phi) is 7.30. The summed E-state index contributed by atoms with van der Waals surface area (Å²) in [4.78, 5) is 14.4. The van der Waals surface area contributed by atoms with Crippen molar-refractivity contribution in [2.24, 2.45) is 5.92 Å². The van der Waals surface area contributed by atoms with Crippen LogP contribution in [0.25, 0.3) is 0 Å². The molecule has 1 atom stereocenters. The number of carbonyl (C=O) groups is 1. The first-order valence-corrected chi connectivity index (χ1v) is 7.68. The highest BCUT2D eigenvalue weighted by atomic mass is 79.9. The Bertz CT molecular complexity index is 468. The highest BCUT2D eigenvalue weighted by Gasteiger charge is 2.24. The Labute approximate surface area is 139 Å². The monoisotopic (exact) mass is 380 g/mol. The third kappa shape index (κ3) is 4.35. The summed E-state index contributed by atoms with van der Waals surface area (Å²) < 4.78 is 0.817. The number of nitrogens with zero attached hydrogens (tertiary/aromatic N) is 1. The molecular weight excluding hydrogens is 363 g/mol. The molecule has 1 N–H and O–H groups in total. The molecule has 1 aliphatic rings. The quantitative estimate of drug-likeness (QED) is 0.867. The Morgan fingerprint density at radius 3 is 2.95 bits per heavy atom. The van der Waals surface area contributed by atoms with Crippen LogP contribution in [0.1, 0.15) is 23.2 Å². The van der Waals surface area contributed by atoms with Gasteiger partial charge in [0.1, 0.15) is 0 Å². The van der Waals surface area contributed by atoms with E-state index < -0.39 is 0 Å². The van der Waals surface area contributed by atoms with Crippen molar-refractivity contribution in [2.75, 3.05) is 26.7 Å². The number of nitrogens with one attached hydrogen (secondary N) is 1. The Balaban J connectivity index is 0.00000200. The second-order valence-electron chi connectivity index (χ2n) is 4.95. The van der Waals surface area contributed by atoms with Gasteiger partial charge in [0.2, 0.25) is 0 Å². The van der Waals surface area contributed by atoms with Crippen LogP contribution in [-0.4, -0.2) is 37.5 Å². The van der Waals surface area contributed by atoms with Crippen molar-refractivity contribution < 1.29 is 4.79 Å². The molecule has 6 heteroatoms. The molecule has 1 amide bonds.